The molecular formula is C9H11N5O. The number of nitrogen functional groups attached to an aromatic ring is 1. The summed E-state index contributed by atoms with van der Waals surface area (Å²) in [6.07, 6.45) is 1.53. The number of aryl methyl sites for hydroxylation is 2. The number of hydrogen-bond donors (Lipinski definition) is 2. The highest BCUT2D eigenvalue weighted by molar-refractivity contribution is 5.57. The first-order chi connectivity index (χ1) is 7.09. The number of H-pyrrole nitrogens is 1. The molecule has 0 saturated carbocycles. The third-order valence-electron chi connectivity index (χ3n) is 2.13. The number of anilines is 1. The Morgan fingerprint density at radius 3 is 2.80 bits per heavy atom. The van der Waals surface area contributed by atoms with Gasteiger partial charge in [-0.25, -0.2) is 9.97 Å². The third kappa shape index (κ3) is 1.50. The van der Waals surface area contributed by atoms with Crippen LogP contribution >= 0.6 is 0 Å². The van der Waals surface area contributed by atoms with Crippen molar-refractivity contribution in [1.29, 1.82) is 0 Å². The van der Waals surface area contributed by atoms with Crippen LogP contribution in [-0.2, 0) is 7.05 Å². The summed E-state index contributed by atoms with van der Waals surface area (Å²) in [6.45, 7) is 1.79. The van der Waals surface area contributed by atoms with E-state index < -0.39 is 0 Å². The molecule has 3 N–H and O–H groups in total. The minimum Gasteiger partial charge on any atom is -0.384 e. The van der Waals surface area contributed by atoms with Gasteiger partial charge in [0.2, 0.25) is 0 Å². The molecule has 0 saturated heterocycles. The van der Waals surface area contributed by atoms with Crippen LogP contribution in [0.1, 0.15) is 5.69 Å². The van der Waals surface area contributed by atoms with E-state index in [1.807, 2.05) is 0 Å². The van der Waals surface area contributed by atoms with Gasteiger partial charge in [0.05, 0.1) is 0 Å². The molecular weight excluding hydrogens is 194 g/mol. The van der Waals surface area contributed by atoms with E-state index in [-0.39, 0.29) is 5.56 Å². The van der Waals surface area contributed by atoms with Crippen molar-refractivity contribution in [2.45, 2.75) is 6.92 Å². The molecule has 2 aromatic rings. The fourth-order valence-electron chi connectivity index (χ4n) is 1.44. The van der Waals surface area contributed by atoms with Crippen LogP contribution in [0.25, 0.3) is 11.4 Å². The first-order valence-corrected chi connectivity index (χ1v) is 4.44. The molecule has 0 atom stereocenters. The molecule has 0 radical (unpaired) electrons. The third-order valence-corrected chi connectivity index (χ3v) is 2.13. The number of nitrogens with zero attached hydrogens (tertiary/aromatic N) is 3. The normalized spacial score (nSPS) is 10.5. The topological polar surface area (TPSA) is 89.6 Å². The van der Waals surface area contributed by atoms with Crippen LogP contribution in [0, 0.1) is 6.92 Å². The second kappa shape index (κ2) is 3.23. The van der Waals surface area contributed by atoms with Crippen molar-refractivity contribution < 1.29 is 0 Å². The van der Waals surface area contributed by atoms with Crippen LogP contribution in [-0.4, -0.2) is 19.7 Å². The molecule has 2 heterocycles. The van der Waals surface area contributed by atoms with Gasteiger partial charge in [0, 0.05) is 18.9 Å². The van der Waals surface area contributed by atoms with Gasteiger partial charge < -0.3 is 5.73 Å². The maximum Gasteiger partial charge on any atom is 0.277 e. The molecule has 0 fully saturated rings. The van der Waals surface area contributed by atoms with Gasteiger partial charge in [-0.05, 0) is 13.0 Å². The highest BCUT2D eigenvalue weighted by Crippen LogP contribution is 2.13. The molecule has 78 valence electrons. The average molecular weight is 205 g/mol. The highest BCUT2D eigenvalue weighted by Gasteiger charge is 2.13. The summed E-state index contributed by atoms with van der Waals surface area (Å²) in [7, 11) is 1.64. The Bertz CT molecular complexity index is 554. The van der Waals surface area contributed by atoms with E-state index in [2.05, 4.69) is 15.1 Å². The van der Waals surface area contributed by atoms with Gasteiger partial charge in [0.15, 0.2) is 5.82 Å². The summed E-state index contributed by atoms with van der Waals surface area (Å²) < 4.78 is 1.39. The number of aromatic nitrogens is 4. The summed E-state index contributed by atoms with van der Waals surface area (Å²) >= 11 is 0. The van der Waals surface area contributed by atoms with Gasteiger partial charge in [-0.3, -0.25) is 14.6 Å². The molecule has 0 aromatic carbocycles. The van der Waals surface area contributed by atoms with E-state index in [0.29, 0.717) is 17.2 Å². The van der Waals surface area contributed by atoms with Crippen molar-refractivity contribution in [2.75, 3.05) is 5.73 Å². The summed E-state index contributed by atoms with van der Waals surface area (Å²) in [5.41, 5.74) is 6.57. The van der Waals surface area contributed by atoms with E-state index in [1.54, 1.807) is 20.0 Å². The molecule has 2 rings (SSSR count). The van der Waals surface area contributed by atoms with Crippen molar-refractivity contribution in [3.05, 3.63) is 28.3 Å². The molecule has 0 unspecified atom stereocenters. The molecule has 0 bridgehead atoms. The predicted octanol–water partition coefficient (Wildman–Crippen LogP) is 0.0610. The number of hydrogen-bond acceptors (Lipinski definition) is 4. The fourth-order valence-corrected chi connectivity index (χ4v) is 1.44. The maximum atomic E-state index is 11.7. The highest BCUT2D eigenvalue weighted by atomic mass is 16.1. The van der Waals surface area contributed by atoms with Gasteiger partial charge >= 0.3 is 0 Å². The Balaban J connectivity index is 2.69. The molecule has 6 nitrogen and oxygen atoms in total. The average Bonchev–Trinajstić information content (AvgIpc) is 2.41. The Kier molecular flexibility index (Phi) is 2.03. The number of nitrogens with one attached hydrogen (secondary N) is 1. The Morgan fingerprint density at radius 1 is 1.53 bits per heavy atom. The van der Waals surface area contributed by atoms with Gasteiger partial charge in [-0.1, -0.05) is 0 Å². The van der Waals surface area contributed by atoms with Crippen LogP contribution in [0.2, 0.25) is 0 Å². The van der Waals surface area contributed by atoms with Crippen LogP contribution in [0.15, 0.2) is 17.1 Å². The molecule has 0 spiro atoms. The number of aromatic amines is 1. The number of rotatable bonds is 1. The Labute approximate surface area is 85.8 Å². The molecule has 6 heteroatoms. The minimum absolute atomic E-state index is 0.155. The van der Waals surface area contributed by atoms with Crippen molar-refractivity contribution >= 4 is 5.82 Å². The predicted molar refractivity (Wildman–Crippen MR) is 56.2 cm³/mol. The second-order valence-electron chi connectivity index (χ2n) is 3.28. The summed E-state index contributed by atoms with van der Waals surface area (Å²) in [5.74, 6) is 0.706. The standard InChI is InChI=1S/C9H11N5O/c1-5-7(9(15)14(2)13-5)8-11-4-3-6(10)12-8/h3-4,13H,1-2H3,(H2,10,11,12). The maximum absolute atomic E-state index is 11.7. The Morgan fingerprint density at radius 2 is 2.27 bits per heavy atom. The summed E-state index contributed by atoms with van der Waals surface area (Å²) in [5, 5.41) is 2.88. The lowest BCUT2D eigenvalue weighted by Crippen LogP contribution is -2.14. The first-order valence-electron chi connectivity index (χ1n) is 4.44. The zero-order valence-corrected chi connectivity index (χ0v) is 8.48. The van der Waals surface area contributed by atoms with E-state index in [4.69, 9.17) is 5.73 Å². The van der Waals surface area contributed by atoms with E-state index in [0.717, 1.165) is 5.69 Å². The van der Waals surface area contributed by atoms with Gasteiger partial charge in [-0.15, -0.1) is 0 Å². The van der Waals surface area contributed by atoms with Gasteiger partial charge in [-0.2, -0.15) is 0 Å². The zero-order chi connectivity index (χ0) is 11.0. The lowest BCUT2D eigenvalue weighted by molar-refractivity contribution is 0.731. The smallest absolute Gasteiger partial charge is 0.277 e. The van der Waals surface area contributed by atoms with Gasteiger partial charge in [0.1, 0.15) is 11.4 Å². The molecule has 0 aliphatic heterocycles. The van der Waals surface area contributed by atoms with E-state index in [1.165, 1.54) is 10.9 Å². The van der Waals surface area contributed by atoms with Crippen LogP contribution in [0.4, 0.5) is 5.82 Å². The lowest BCUT2D eigenvalue weighted by Gasteiger charge is -1.96. The van der Waals surface area contributed by atoms with Crippen molar-refractivity contribution in [3.8, 4) is 11.4 Å². The van der Waals surface area contributed by atoms with Crippen molar-refractivity contribution in [1.82, 2.24) is 19.7 Å². The quantitative estimate of drug-likeness (QED) is 0.689. The lowest BCUT2D eigenvalue weighted by atomic mass is 10.2. The van der Waals surface area contributed by atoms with Crippen LogP contribution < -0.4 is 11.3 Å². The number of nitrogens with two attached hydrogens (primary N) is 1. The SMILES string of the molecule is Cc1[nH]n(C)c(=O)c1-c1nccc(N)n1. The summed E-state index contributed by atoms with van der Waals surface area (Å²) in [6, 6.07) is 1.58. The summed E-state index contributed by atoms with van der Waals surface area (Å²) in [4.78, 5) is 19.7. The van der Waals surface area contributed by atoms with Crippen molar-refractivity contribution in [3.63, 3.8) is 0 Å². The van der Waals surface area contributed by atoms with E-state index in [9.17, 15) is 4.79 Å². The minimum atomic E-state index is -0.155. The van der Waals surface area contributed by atoms with Crippen molar-refractivity contribution in [2.24, 2.45) is 7.05 Å². The monoisotopic (exact) mass is 205 g/mol. The van der Waals surface area contributed by atoms with Crippen LogP contribution in [0.3, 0.4) is 0 Å². The molecule has 15 heavy (non-hydrogen) atoms. The first kappa shape index (κ1) is 9.45. The fraction of sp³-hybridized carbons (Fsp3) is 0.222. The molecule has 2 aromatic heterocycles. The Hall–Kier alpha value is -2.11. The molecule has 0 aliphatic rings. The van der Waals surface area contributed by atoms with Crippen LogP contribution in [0.5, 0.6) is 0 Å². The van der Waals surface area contributed by atoms with E-state index >= 15 is 0 Å². The largest absolute Gasteiger partial charge is 0.384 e. The molecule has 0 amide bonds. The zero-order valence-electron chi connectivity index (χ0n) is 8.48. The molecule has 0 aliphatic carbocycles. The second-order valence-corrected chi connectivity index (χ2v) is 3.28. The van der Waals surface area contributed by atoms with Gasteiger partial charge in [0.25, 0.3) is 5.56 Å².